The lowest BCUT2D eigenvalue weighted by molar-refractivity contribution is -0.121. The van der Waals surface area contributed by atoms with Crippen molar-refractivity contribution in [3.63, 3.8) is 0 Å². The van der Waals surface area contributed by atoms with Gasteiger partial charge in [0.25, 0.3) is 0 Å². The van der Waals surface area contributed by atoms with Gasteiger partial charge in [0.15, 0.2) is 0 Å². The molecule has 0 aromatic heterocycles. The summed E-state index contributed by atoms with van der Waals surface area (Å²) in [5.41, 5.74) is 3.15. The maximum atomic E-state index is 12.4. The second-order valence-corrected chi connectivity index (χ2v) is 6.56. The molecule has 2 N–H and O–H groups in total. The number of carboxylic acid groups (broad SMARTS) is 1. The number of hydrogen-bond acceptors (Lipinski definition) is 3. The fourth-order valence-electron chi connectivity index (χ4n) is 3.21. The molecule has 0 saturated heterocycles. The normalized spacial score (nSPS) is 12.5. The third-order valence-electron chi connectivity index (χ3n) is 4.64. The van der Waals surface area contributed by atoms with Crippen LogP contribution in [0.4, 0.5) is 5.69 Å². The van der Waals surface area contributed by atoms with Crippen molar-refractivity contribution in [2.75, 3.05) is 18.0 Å². The monoisotopic (exact) mass is 366 g/mol. The molecule has 2 aromatic rings. The minimum Gasteiger partial charge on any atom is -0.478 e. The number of carboxylic acids is 1. The highest BCUT2D eigenvalue weighted by molar-refractivity contribution is 5.95. The van der Waals surface area contributed by atoms with Gasteiger partial charge in [-0.05, 0) is 42.2 Å². The summed E-state index contributed by atoms with van der Waals surface area (Å²) >= 11 is 0. The molecule has 0 fully saturated rings. The number of amides is 2. The summed E-state index contributed by atoms with van der Waals surface area (Å²) in [5.74, 6) is -1.05. The van der Waals surface area contributed by atoms with Gasteiger partial charge in [-0.15, -0.1) is 0 Å². The third-order valence-corrected chi connectivity index (χ3v) is 4.64. The number of nitrogens with one attached hydrogen (secondary N) is 1. The van der Waals surface area contributed by atoms with Crippen molar-refractivity contribution in [1.29, 1.82) is 0 Å². The first-order valence-corrected chi connectivity index (χ1v) is 9.02. The van der Waals surface area contributed by atoms with E-state index < -0.39 is 5.97 Å². The van der Waals surface area contributed by atoms with Crippen molar-refractivity contribution < 1.29 is 19.5 Å². The SMILES string of the molecule is O=C(Cc1ccc(C(=O)O)cc1)NCCCC(=O)N1CCc2ccccc21. The van der Waals surface area contributed by atoms with Crippen LogP contribution in [-0.4, -0.2) is 36.0 Å². The second kappa shape index (κ2) is 8.49. The zero-order valence-electron chi connectivity index (χ0n) is 15.0. The van der Waals surface area contributed by atoms with Crippen LogP contribution >= 0.6 is 0 Å². The van der Waals surface area contributed by atoms with E-state index in [1.165, 1.54) is 17.7 Å². The number of anilines is 1. The minimum atomic E-state index is -0.990. The molecule has 140 valence electrons. The Morgan fingerprint density at radius 2 is 1.78 bits per heavy atom. The predicted molar refractivity (Wildman–Crippen MR) is 102 cm³/mol. The lowest BCUT2D eigenvalue weighted by Crippen LogP contribution is -2.31. The van der Waals surface area contributed by atoms with Gasteiger partial charge >= 0.3 is 5.97 Å². The minimum absolute atomic E-state index is 0.0819. The van der Waals surface area contributed by atoms with Crippen LogP contribution < -0.4 is 10.2 Å². The summed E-state index contributed by atoms with van der Waals surface area (Å²) < 4.78 is 0. The van der Waals surface area contributed by atoms with Gasteiger partial charge in [-0.25, -0.2) is 4.79 Å². The molecule has 0 aliphatic carbocycles. The molecule has 6 nitrogen and oxygen atoms in total. The maximum absolute atomic E-state index is 12.4. The van der Waals surface area contributed by atoms with Crippen molar-refractivity contribution in [3.05, 3.63) is 65.2 Å². The quantitative estimate of drug-likeness (QED) is 0.737. The number of hydrogen-bond donors (Lipinski definition) is 2. The summed E-state index contributed by atoms with van der Waals surface area (Å²) in [6.07, 6.45) is 2.05. The Kier molecular flexibility index (Phi) is 5.86. The van der Waals surface area contributed by atoms with Crippen LogP contribution in [-0.2, 0) is 22.4 Å². The van der Waals surface area contributed by atoms with Crippen molar-refractivity contribution in [2.24, 2.45) is 0 Å². The van der Waals surface area contributed by atoms with E-state index in [9.17, 15) is 14.4 Å². The van der Waals surface area contributed by atoms with E-state index in [1.54, 1.807) is 12.1 Å². The summed E-state index contributed by atoms with van der Waals surface area (Å²) in [7, 11) is 0. The number of rotatable bonds is 7. The van der Waals surface area contributed by atoms with Crippen molar-refractivity contribution in [3.8, 4) is 0 Å². The highest BCUT2D eigenvalue weighted by atomic mass is 16.4. The molecule has 1 aliphatic heterocycles. The molecule has 1 heterocycles. The Morgan fingerprint density at radius 1 is 1.04 bits per heavy atom. The van der Waals surface area contributed by atoms with E-state index in [1.807, 2.05) is 29.2 Å². The van der Waals surface area contributed by atoms with E-state index >= 15 is 0 Å². The predicted octanol–water partition coefficient (Wildman–Crippen LogP) is 2.41. The second-order valence-electron chi connectivity index (χ2n) is 6.56. The van der Waals surface area contributed by atoms with Gasteiger partial charge in [0.05, 0.1) is 12.0 Å². The van der Waals surface area contributed by atoms with Crippen LogP contribution in [0.25, 0.3) is 0 Å². The number of para-hydroxylation sites is 1. The molecule has 2 aromatic carbocycles. The number of aromatic carboxylic acids is 1. The van der Waals surface area contributed by atoms with Gasteiger partial charge in [-0.2, -0.15) is 0 Å². The zero-order chi connectivity index (χ0) is 19.2. The highest BCUT2D eigenvalue weighted by Crippen LogP contribution is 2.27. The maximum Gasteiger partial charge on any atom is 0.335 e. The van der Waals surface area contributed by atoms with Crippen LogP contribution in [0.1, 0.15) is 34.3 Å². The molecule has 0 unspecified atom stereocenters. The topological polar surface area (TPSA) is 86.7 Å². The smallest absolute Gasteiger partial charge is 0.335 e. The molecular weight excluding hydrogens is 344 g/mol. The molecule has 6 heteroatoms. The van der Waals surface area contributed by atoms with Crippen LogP contribution in [0.3, 0.4) is 0 Å². The summed E-state index contributed by atoms with van der Waals surface area (Å²) in [6, 6.07) is 14.2. The molecule has 0 radical (unpaired) electrons. The molecule has 0 atom stereocenters. The molecule has 0 saturated carbocycles. The summed E-state index contributed by atoms with van der Waals surface area (Å²) in [5, 5.41) is 11.7. The van der Waals surface area contributed by atoms with Crippen molar-refractivity contribution in [1.82, 2.24) is 5.32 Å². The van der Waals surface area contributed by atoms with Gasteiger partial charge < -0.3 is 15.3 Å². The van der Waals surface area contributed by atoms with Gasteiger partial charge in [-0.3, -0.25) is 9.59 Å². The van der Waals surface area contributed by atoms with Crippen LogP contribution in [0, 0.1) is 0 Å². The average Bonchev–Trinajstić information content (AvgIpc) is 3.10. The average molecular weight is 366 g/mol. The highest BCUT2D eigenvalue weighted by Gasteiger charge is 2.23. The fourth-order valence-corrected chi connectivity index (χ4v) is 3.21. The van der Waals surface area contributed by atoms with Crippen LogP contribution in [0.5, 0.6) is 0 Å². The standard InChI is InChI=1S/C21H22N2O4/c24-19(14-15-7-9-17(10-8-15)21(26)27)22-12-3-6-20(25)23-13-11-16-4-1-2-5-18(16)23/h1-2,4-5,7-10H,3,6,11-14H2,(H,22,24)(H,26,27). The number of nitrogens with zero attached hydrogens (tertiary/aromatic N) is 1. The largest absolute Gasteiger partial charge is 0.478 e. The van der Waals surface area contributed by atoms with Crippen molar-refractivity contribution in [2.45, 2.75) is 25.7 Å². The Hall–Kier alpha value is -3.15. The molecule has 0 spiro atoms. The Bertz CT molecular complexity index is 846. The number of carbonyl (C=O) groups excluding carboxylic acids is 2. The third kappa shape index (κ3) is 4.73. The molecule has 27 heavy (non-hydrogen) atoms. The van der Waals surface area contributed by atoms with Gasteiger partial charge in [0.2, 0.25) is 11.8 Å². The van der Waals surface area contributed by atoms with Gasteiger partial charge in [0, 0.05) is 25.2 Å². The van der Waals surface area contributed by atoms with Crippen molar-refractivity contribution >= 4 is 23.5 Å². The fraction of sp³-hybridized carbons (Fsp3) is 0.286. The lowest BCUT2D eigenvalue weighted by atomic mass is 10.1. The van der Waals surface area contributed by atoms with E-state index in [-0.39, 0.29) is 23.8 Å². The van der Waals surface area contributed by atoms with E-state index in [0.717, 1.165) is 24.2 Å². The molecule has 3 rings (SSSR count). The summed E-state index contributed by atoms with van der Waals surface area (Å²) in [6.45, 7) is 1.16. The first-order valence-electron chi connectivity index (χ1n) is 9.02. The van der Waals surface area contributed by atoms with Gasteiger partial charge in [-0.1, -0.05) is 30.3 Å². The van der Waals surface area contributed by atoms with E-state index in [0.29, 0.717) is 19.4 Å². The van der Waals surface area contributed by atoms with E-state index in [2.05, 4.69) is 5.32 Å². The number of benzene rings is 2. The number of fused-ring (bicyclic) bond motifs is 1. The molecule has 0 bridgehead atoms. The number of carbonyl (C=O) groups is 3. The molecular formula is C21H22N2O4. The zero-order valence-corrected chi connectivity index (χ0v) is 15.0. The summed E-state index contributed by atoms with van der Waals surface area (Å²) in [4.78, 5) is 37.0. The Balaban J connectivity index is 1.39. The Labute approximate surface area is 157 Å². The van der Waals surface area contributed by atoms with Gasteiger partial charge in [0.1, 0.15) is 0 Å². The van der Waals surface area contributed by atoms with Crippen LogP contribution in [0.2, 0.25) is 0 Å². The lowest BCUT2D eigenvalue weighted by Gasteiger charge is -2.17. The van der Waals surface area contributed by atoms with E-state index in [4.69, 9.17) is 5.11 Å². The van der Waals surface area contributed by atoms with Crippen LogP contribution in [0.15, 0.2) is 48.5 Å². The first-order chi connectivity index (χ1) is 13.0. The Morgan fingerprint density at radius 3 is 2.52 bits per heavy atom. The first kappa shape index (κ1) is 18.6. The molecule has 1 aliphatic rings. The molecule has 2 amide bonds.